The van der Waals surface area contributed by atoms with Crippen molar-refractivity contribution in [2.75, 3.05) is 12.3 Å². The van der Waals surface area contributed by atoms with E-state index in [1.54, 1.807) is 0 Å². The first-order valence-electron chi connectivity index (χ1n) is 9.53. The average molecular weight is 394 g/mol. The summed E-state index contributed by atoms with van der Waals surface area (Å²) in [6.07, 6.45) is 0. The molecule has 4 nitrogen and oxygen atoms in total. The van der Waals surface area contributed by atoms with Crippen molar-refractivity contribution < 1.29 is 4.79 Å². The minimum Gasteiger partial charge on any atom is -0.351 e. The molecule has 0 fully saturated rings. The fraction of sp³-hybridized carbons (Fsp3) is 0.304. The topological polar surface area (TPSA) is 46.9 Å². The Morgan fingerprint density at radius 1 is 1.07 bits per heavy atom. The summed E-state index contributed by atoms with van der Waals surface area (Å²) in [5.74, 6) is 1.86. The number of nitrogens with zero attached hydrogens (tertiary/aromatic N) is 2. The number of carbonyl (C=O) groups is 1. The molecule has 1 heterocycles. The zero-order valence-electron chi connectivity index (χ0n) is 16.7. The number of amides is 1. The van der Waals surface area contributed by atoms with Crippen LogP contribution in [0, 0.1) is 20.8 Å². The molecule has 0 aliphatic heterocycles. The smallest absolute Gasteiger partial charge is 0.251 e. The second-order valence-electron chi connectivity index (χ2n) is 7.02. The van der Waals surface area contributed by atoms with Gasteiger partial charge in [-0.2, -0.15) is 16.9 Å². The van der Waals surface area contributed by atoms with Crippen LogP contribution in [0.25, 0.3) is 0 Å². The van der Waals surface area contributed by atoms with Gasteiger partial charge in [0.1, 0.15) is 0 Å². The van der Waals surface area contributed by atoms with Gasteiger partial charge in [0.15, 0.2) is 0 Å². The van der Waals surface area contributed by atoms with Crippen LogP contribution in [0.15, 0.2) is 54.6 Å². The van der Waals surface area contributed by atoms with E-state index in [2.05, 4.69) is 54.6 Å². The quantitative estimate of drug-likeness (QED) is 0.573. The van der Waals surface area contributed by atoms with Gasteiger partial charge in [-0.25, -0.2) is 0 Å². The molecule has 28 heavy (non-hydrogen) atoms. The average Bonchev–Trinajstić information content (AvgIpc) is 3.00. The van der Waals surface area contributed by atoms with Crippen molar-refractivity contribution in [2.45, 2.75) is 33.1 Å². The van der Waals surface area contributed by atoms with Crippen molar-refractivity contribution in [2.24, 2.45) is 0 Å². The standard InChI is InChI=1S/C23H27N3OS/c1-17-6-4-5-7-22(17)16-28-13-12-24-23(27)21-10-8-20(9-11-21)15-26-19(3)14-18(2)25-26/h4-11,14H,12-13,15-16H2,1-3H3,(H,24,27). The molecule has 1 amide bonds. The van der Waals surface area contributed by atoms with Crippen molar-refractivity contribution in [1.29, 1.82) is 0 Å². The molecule has 0 bridgehead atoms. The molecular weight excluding hydrogens is 366 g/mol. The van der Waals surface area contributed by atoms with E-state index >= 15 is 0 Å². The molecule has 3 rings (SSSR count). The summed E-state index contributed by atoms with van der Waals surface area (Å²) >= 11 is 1.84. The first-order valence-corrected chi connectivity index (χ1v) is 10.7. The largest absolute Gasteiger partial charge is 0.351 e. The van der Waals surface area contributed by atoms with E-state index in [4.69, 9.17) is 0 Å². The number of benzene rings is 2. The Balaban J connectivity index is 1.43. The molecule has 1 aromatic heterocycles. The Bertz CT molecular complexity index is 931. The van der Waals surface area contributed by atoms with E-state index in [1.807, 2.05) is 47.6 Å². The van der Waals surface area contributed by atoms with E-state index in [0.717, 1.165) is 35.0 Å². The lowest BCUT2D eigenvalue weighted by molar-refractivity contribution is 0.0956. The molecule has 0 saturated carbocycles. The lowest BCUT2D eigenvalue weighted by Crippen LogP contribution is -2.25. The van der Waals surface area contributed by atoms with Crippen molar-refractivity contribution in [3.63, 3.8) is 0 Å². The van der Waals surface area contributed by atoms with Gasteiger partial charge in [-0.3, -0.25) is 9.48 Å². The Labute approximate surface area is 171 Å². The molecule has 0 radical (unpaired) electrons. The molecule has 3 aromatic rings. The fourth-order valence-corrected chi connectivity index (χ4v) is 4.00. The van der Waals surface area contributed by atoms with Crippen LogP contribution in [0.2, 0.25) is 0 Å². The lowest BCUT2D eigenvalue weighted by atomic mass is 10.1. The summed E-state index contributed by atoms with van der Waals surface area (Å²) in [5, 5.41) is 7.49. The lowest BCUT2D eigenvalue weighted by Gasteiger charge is -2.08. The minimum atomic E-state index is -0.0193. The SMILES string of the molecule is Cc1cc(C)n(Cc2ccc(C(=O)NCCSCc3ccccc3C)cc2)n1. The number of nitrogens with one attached hydrogen (secondary N) is 1. The van der Waals surface area contributed by atoms with Crippen LogP contribution in [-0.4, -0.2) is 28.0 Å². The second-order valence-corrected chi connectivity index (χ2v) is 8.12. The highest BCUT2D eigenvalue weighted by Crippen LogP contribution is 2.15. The Hall–Kier alpha value is -2.53. The molecule has 5 heteroatoms. The Morgan fingerprint density at radius 3 is 2.50 bits per heavy atom. The molecule has 0 aliphatic rings. The predicted molar refractivity (Wildman–Crippen MR) is 117 cm³/mol. The minimum absolute atomic E-state index is 0.0193. The zero-order valence-corrected chi connectivity index (χ0v) is 17.6. The van der Waals surface area contributed by atoms with Gasteiger partial charge in [-0.15, -0.1) is 0 Å². The maximum atomic E-state index is 12.3. The van der Waals surface area contributed by atoms with Crippen LogP contribution in [0.5, 0.6) is 0 Å². The van der Waals surface area contributed by atoms with Gasteiger partial charge in [0.2, 0.25) is 0 Å². The van der Waals surface area contributed by atoms with Crippen LogP contribution in [0.3, 0.4) is 0 Å². The van der Waals surface area contributed by atoms with Crippen LogP contribution >= 0.6 is 11.8 Å². The third-order valence-electron chi connectivity index (χ3n) is 4.70. The van der Waals surface area contributed by atoms with Gasteiger partial charge in [0.05, 0.1) is 12.2 Å². The fourth-order valence-electron chi connectivity index (χ4n) is 3.06. The van der Waals surface area contributed by atoms with Gasteiger partial charge in [0, 0.05) is 29.3 Å². The van der Waals surface area contributed by atoms with Gasteiger partial charge in [0.25, 0.3) is 5.91 Å². The molecule has 0 aliphatic carbocycles. The Kier molecular flexibility index (Phi) is 6.93. The highest BCUT2D eigenvalue weighted by Gasteiger charge is 2.06. The van der Waals surface area contributed by atoms with E-state index in [9.17, 15) is 4.79 Å². The summed E-state index contributed by atoms with van der Waals surface area (Å²) < 4.78 is 1.98. The highest BCUT2D eigenvalue weighted by molar-refractivity contribution is 7.98. The van der Waals surface area contributed by atoms with Crippen LogP contribution < -0.4 is 5.32 Å². The van der Waals surface area contributed by atoms with Crippen LogP contribution in [0.1, 0.15) is 38.4 Å². The summed E-state index contributed by atoms with van der Waals surface area (Å²) in [5.41, 5.74) is 6.67. The summed E-state index contributed by atoms with van der Waals surface area (Å²) in [6.45, 7) is 7.57. The summed E-state index contributed by atoms with van der Waals surface area (Å²) in [6, 6.07) is 18.3. The van der Waals surface area contributed by atoms with Gasteiger partial charge in [-0.1, -0.05) is 36.4 Å². The molecular formula is C23H27N3OS. The number of hydrogen-bond donors (Lipinski definition) is 1. The van der Waals surface area contributed by atoms with Crippen LogP contribution in [-0.2, 0) is 12.3 Å². The molecule has 0 atom stereocenters. The van der Waals surface area contributed by atoms with E-state index in [1.165, 1.54) is 11.1 Å². The summed E-state index contributed by atoms with van der Waals surface area (Å²) in [4.78, 5) is 12.3. The van der Waals surface area contributed by atoms with Gasteiger partial charge in [-0.05, 0) is 55.7 Å². The number of thioether (sulfide) groups is 1. The molecule has 0 unspecified atom stereocenters. The maximum absolute atomic E-state index is 12.3. The molecule has 0 spiro atoms. The van der Waals surface area contributed by atoms with Crippen molar-refractivity contribution in [1.82, 2.24) is 15.1 Å². The first-order chi connectivity index (χ1) is 13.5. The number of aryl methyl sites for hydroxylation is 3. The number of carbonyl (C=O) groups excluding carboxylic acids is 1. The summed E-state index contributed by atoms with van der Waals surface area (Å²) in [7, 11) is 0. The van der Waals surface area contributed by atoms with Crippen molar-refractivity contribution in [3.8, 4) is 0 Å². The maximum Gasteiger partial charge on any atom is 0.251 e. The van der Waals surface area contributed by atoms with Crippen LogP contribution in [0.4, 0.5) is 0 Å². The molecule has 2 aromatic carbocycles. The second kappa shape index (κ2) is 9.60. The first kappa shape index (κ1) is 20.2. The predicted octanol–water partition coefficient (Wildman–Crippen LogP) is 4.52. The van der Waals surface area contributed by atoms with E-state index in [0.29, 0.717) is 12.1 Å². The molecule has 0 saturated heterocycles. The molecule has 146 valence electrons. The third kappa shape index (κ3) is 5.49. The molecule has 1 N–H and O–H groups in total. The number of aromatic nitrogens is 2. The van der Waals surface area contributed by atoms with Gasteiger partial charge < -0.3 is 5.32 Å². The highest BCUT2D eigenvalue weighted by atomic mass is 32.2. The van der Waals surface area contributed by atoms with E-state index in [-0.39, 0.29) is 5.91 Å². The monoisotopic (exact) mass is 393 g/mol. The van der Waals surface area contributed by atoms with Crippen molar-refractivity contribution >= 4 is 17.7 Å². The third-order valence-corrected chi connectivity index (χ3v) is 5.71. The normalized spacial score (nSPS) is 10.8. The zero-order chi connectivity index (χ0) is 19.9. The van der Waals surface area contributed by atoms with Gasteiger partial charge >= 0.3 is 0 Å². The van der Waals surface area contributed by atoms with Crippen molar-refractivity contribution in [3.05, 3.63) is 88.2 Å². The van der Waals surface area contributed by atoms with E-state index < -0.39 is 0 Å². The number of rotatable bonds is 8. The number of hydrogen-bond acceptors (Lipinski definition) is 3. The Morgan fingerprint density at radius 2 is 1.82 bits per heavy atom.